The largest absolute Gasteiger partial charge is 0.363 e. The van der Waals surface area contributed by atoms with Crippen LogP contribution < -0.4 is 20.9 Å². The molecule has 4 rings (SSSR count). The van der Waals surface area contributed by atoms with Crippen molar-refractivity contribution in [2.24, 2.45) is 0 Å². The lowest BCUT2D eigenvalue weighted by Gasteiger charge is -2.24. The molecule has 3 aliphatic rings. The second kappa shape index (κ2) is 6.40. The lowest BCUT2D eigenvalue weighted by Crippen LogP contribution is -2.43. The number of benzene rings is 1. The van der Waals surface area contributed by atoms with Crippen molar-refractivity contribution < 1.29 is 4.79 Å². The molecule has 0 aromatic heterocycles. The highest BCUT2D eigenvalue weighted by Gasteiger charge is 2.30. The summed E-state index contributed by atoms with van der Waals surface area (Å²) >= 11 is 0. The molecule has 2 unspecified atom stereocenters. The van der Waals surface area contributed by atoms with Gasteiger partial charge in [0.05, 0.1) is 23.6 Å². The summed E-state index contributed by atoms with van der Waals surface area (Å²) < 4.78 is 0. The molecule has 1 aromatic carbocycles. The Morgan fingerprint density at radius 3 is 2.91 bits per heavy atom. The number of amides is 1. The first-order chi connectivity index (χ1) is 11.3. The van der Waals surface area contributed by atoms with Crippen molar-refractivity contribution in [2.45, 2.75) is 57.2 Å². The van der Waals surface area contributed by atoms with Gasteiger partial charge in [-0.2, -0.15) is 0 Å². The van der Waals surface area contributed by atoms with Crippen LogP contribution in [0.5, 0.6) is 0 Å². The molecule has 1 amide bonds. The summed E-state index contributed by atoms with van der Waals surface area (Å²) in [6, 6.07) is 6.23. The van der Waals surface area contributed by atoms with Gasteiger partial charge in [-0.15, -0.1) is 0 Å². The van der Waals surface area contributed by atoms with Crippen molar-refractivity contribution in [3.63, 3.8) is 0 Å². The predicted molar refractivity (Wildman–Crippen MR) is 93.9 cm³/mol. The van der Waals surface area contributed by atoms with Gasteiger partial charge in [0, 0.05) is 12.2 Å². The molecule has 0 bridgehead atoms. The van der Waals surface area contributed by atoms with E-state index in [-0.39, 0.29) is 11.9 Å². The van der Waals surface area contributed by atoms with Gasteiger partial charge in [0.2, 0.25) is 5.91 Å². The highest BCUT2D eigenvalue weighted by molar-refractivity contribution is 5.96. The molecule has 23 heavy (non-hydrogen) atoms. The van der Waals surface area contributed by atoms with E-state index >= 15 is 0 Å². The minimum atomic E-state index is -0.0418. The molecule has 2 fully saturated rings. The van der Waals surface area contributed by atoms with Gasteiger partial charge < -0.3 is 20.9 Å². The molecule has 124 valence electrons. The molecule has 3 aliphatic heterocycles. The number of hydrogen-bond donors (Lipinski definition) is 3. The van der Waals surface area contributed by atoms with Crippen molar-refractivity contribution >= 4 is 23.0 Å². The number of fused-ring (bicyclic) bond motifs is 3. The zero-order valence-electron chi connectivity index (χ0n) is 13.6. The summed E-state index contributed by atoms with van der Waals surface area (Å²) in [4.78, 5) is 14.8. The first-order valence-corrected chi connectivity index (χ1v) is 9.03. The number of rotatable bonds is 2. The Hall–Kier alpha value is -1.75. The van der Waals surface area contributed by atoms with Crippen molar-refractivity contribution in [1.29, 1.82) is 0 Å². The smallest absolute Gasteiger partial charge is 0.241 e. The molecule has 0 radical (unpaired) electrons. The van der Waals surface area contributed by atoms with E-state index in [1.54, 1.807) is 0 Å². The molecule has 0 spiro atoms. The van der Waals surface area contributed by atoms with Crippen LogP contribution in [-0.2, 0) is 4.79 Å². The van der Waals surface area contributed by atoms with Crippen LogP contribution in [0.4, 0.5) is 17.1 Å². The van der Waals surface area contributed by atoms with Crippen LogP contribution in [0, 0.1) is 0 Å². The summed E-state index contributed by atoms with van der Waals surface area (Å²) in [5.74, 6) is 0.0946. The quantitative estimate of drug-likeness (QED) is 0.786. The minimum Gasteiger partial charge on any atom is -0.363 e. The van der Waals surface area contributed by atoms with Gasteiger partial charge in [0.25, 0.3) is 0 Å². The lowest BCUT2D eigenvalue weighted by atomic mass is 10.0. The number of nitrogens with zero attached hydrogens (tertiary/aromatic N) is 1. The first-order valence-electron chi connectivity index (χ1n) is 9.03. The molecule has 2 atom stereocenters. The number of anilines is 3. The van der Waals surface area contributed by atoms with E-state index in [0.29, 0.717) is 6.17 Å². The molecule has 3 heterocycles. The number of nitrogens with one attached hydrogen (secondary N) is 3. The standard InChI is InChI=1S/C18H26N4O/c23-18(14-6-3-4-10-19-14)20-13-8-9-16-15(12-13)21-17-7-2-1-5-11-22(16)17/h8-9,12,14,17,19,21H,1-7,10-11H2,(H,20,23). The minimum absolute atomic E-state index is 0.0418. The zero-order valence-corrected chi connectivity index (χ0v) is 13.6. The Morgan fingerprint density at radius 2 is 2.04 bits per heavy atom. The average molecular weight is 314 g/mol. The summed E-state index contributed by atoms with van der Waals surface area (Å²) in [7, 11) is 0. The summed E-state index contributed by atoms with van der Waals surface area (Å²) in [6.07, 6.45) is 8.75. The second-order valence-electron chi connectivity index (χ2n) is 6.93. The van der Waals surface area contributed by atoms with Gasteiger partial charge in [-0.3, -0.25) is 4.79 Å². The van der Waals surface area contributed by atoms with Crippen molar-refractivity contribution in [3.8, 4) is 0 Å². The molecule has 0 aliphatic carbocycles. The molecular weight excluding hydrogens is 288 g/mol. The topological polar surface area (TPSA) is 56.4 Å². The maximum Gasteiger partial charge on any atom is 0.241 e. The van der Waals surface area contributed by atoms with Crippen LogP contribution in [0.25, 0.3) is 0 Å². The predicted octanol–water partition coefficient (Wildman–Crippen LogP) is 2.90. The van der Waals surface area contributed by atoms with E-state index in [0.717, 1.165) is 37.3 Å². The number of hydrogen-bond acceptors (Lipinski definition) is 4. The Balaban J connectivity index is 1.47. The third-order valence-electron chi connectivity index (χ3n) is 5.28. The lowest BCUT2D eigenvalue weighted by molar-refractivity contribution is -0.118. The van der Waals surface area contributed by atoms with Gasteiger partial charge in [-0.25, -0.2) is 0 Å². The fourth-order valence-corrected chi connectivity index (χ4v) is 4.01. The number of carbonyl (C=O) groups excluding carboxylic acids is 1. The molecule has 5 nitrogen and oxygen atoms in total. The van der Waals surface area contributed by atoms with E-state index in [4.69, 9.17) is 0 Å². The SMILES string of the molecule is O=C(Nc1ccc2c(c1)NC1CCCCCN21)C1CCCCN1. The summed E-state index contributed by atoms with van der Waals surface area (Å²) in [5, 5.41) is 10.0. The van der Waals surface area contributed by atoms with Crippen LogP contribution in [0.1, 0.15) is 44.9 Å². The Kier molecular flexibility index (Phi) is 4.12. The molecule has 1 aromatic rings. The molecule has 3 N–H and O–H groups in total. The van der Waals surface area contributed by atoms with E-state index < -0.39 is 0 Å². The maximum absolute atomic E-state index is 12.4. The van der Waals surface area contributed by atoms with Crippen LogP contribution in [0.15, 0.2) is 18.2 Å². The summed E-state index contributed by atoms with van der Waals surface area (Å²) in [5.41, 5.74) is 3.34. The van der Waals surface area contributed by atoms with E-state index in [1.165, 1.54) is 37.8 Å². The van der Waals surface area contributed by atoms with Gasteiger partial charge in [0.1, 0.15) is 0 Å². The Morgan fingerprint density at radius 1 is 1.13 bits per heavy atom. The normalized spacial score (nSPS) is 26.7. The van der Waals surface area contributed by atoms with Crippen LogP contribution >= 0.6 is 0 Å². The van der Waals surface area contributed by atoms with Gasteiger partial charge >= 0.3 is 0 Å². The van der Waals surface area contributed by atoms with Gasteiger partial charge in [-0.05, 0) is 56.8 Å². The third kappa shape index (κ3) is 3.02. The van der Waals surface area contributed by atoms with Crippen molar-refractivity contribution in [2.75, 3.05) is 28.6 Å². The van der Waals surface area contributed by atoms with Crippen LogP contribution in [0.3, 0.4) is 0 Å². The average Bonchev–Trinajstić information content (AvgIpc) is 2.76. The molecule has 0 saturated carbocycles. The van der Waals surface area contributed by atoms with E-state index in [2.05, 4.69) is 33.0 Å². The van der Waals surface area contributed by atoms with E-state index in [1.807, 2.05) is 6.07 Å². The van der Waals surface area contributed by atoms with Crippen molar-refractivity contribution in [3.05, 3.63) is 18.2 Å². The highest BCUT2D eigenvalue weighted by atomic mass is 16.2. The molecule has 2 saturated heterocycles. The van der Waals surface area contributed by atoms with Crippen molar-refractivity contribution in [1.82, 2.24) is 5.32 Å². The fraction of sp³-hybridized carbons (Fsp3) is 0.611. The zero-order chi connectivity index (χ0) is 15.6. The first kappa shape index (κ1) is 14.8. The van der Waals surface area contributed by atoms with Crippen LogP contribution in [-0.4, -0.2) is 31.2 Å². The summed E-state index contributed by atoms with van der Waals surface area (Å²) in [6.45, 7) is 2.07. The second-order valence-corrected chi connectivity index (χ2v) is 6.93. The molecular formula is C18H26N4O. The number of piperidine rings is 1. The Labute approximate surface area is 137 Å². The van der Waals surface area contributed by atoms with Gasteiger partial charge in [-0.1, -0.05) is 12.8 Å². The Bertz CT molecular complexity index is 582. The van der Waals surface area contributed by atoms with E-state index in [9.17, 15) is 4.79 Å². The molecule has 5 heteroatoms. The fourth-order valence-electron chi connectivity index (χ4n) is 4.01. The monoisotopic (exact) mass is 314 g/mol. The number of carbonyl (C=O) groups is 1. The maximum atomic E-state index is 12.4. The highest BCUT2D eigenvalue weighted by Crippen LogP contribution is 2.39. The third-order valence-corrected chi connectivity index (χ3v) is 5.28. The van der Waals surface area contributed by atoms with Crippen LogP contribution in [0.2, 0.25) is 0 Å². The van der Waals surface area contributed by atoms with Gasteiger partial charge in [0.15, 0.2) is 0 Å².